The van der Waals surface area contributed by atoms with Crippen LogP contribution in [0.25, 0.3) is 0 Å². The fourth-order valence-corrected chi connectivity index (χ4v) is 7.91. The van der Waals surface area contributed by atoms with Crippen molar-refractivity contribution in [3.63, 3.8) is 0 Å². The second-order valence-corrected chi connectivity index (χ2v) is 16.0. The second-order valence-electron chi connectivity index (χ2n) is 13.1. The maximum absolute atomic E-state index is 14.4. The van der Waals surface area contributed by atoms with Gasteiger partial charge in [-0.05, 0) is 56.5 Å². The number of benzene rings is 1. The molecule has 2 amide bonds. The number of thiophene rings is 1. The number of amidine groups is 1. The number of amides is 2. The van der Waals surface area contributed by atoms with Crippen molar-refractivity contribution in [2.24, 2.45) is 4.99 Å². The summed E-state index contributed by atoms with van der Waals surface area (Å²) in [5.74, 6) is -0.282. The van der Waals surface area contributed by atoms with Crippen molar-refractivity contribution < 1.29 is 22.7 Å². The highest BCUT2D eigenvalue weighted by Gasteiger charge is 2.41. The third kappa shape index (κ3) is 10.0. The van der Waals surface area contributed by atoms with Crippen molar-refractivity contribution in [3.8, 4) is 0 Å². The van der Waals surface area contributed by atoms with E-state index in [1.54, 1.807) is 16.2 Å². The normalized spacial score (nSPS) is 22.9. The van der Waals surface area contributed by atoms with Gasteiger partial charge in [0.05, 0.1) is 31.4 Å². The number of carbonyl (C=O) groups excluding carboxylic acids is 2. The van der Waals surface area contributed by atoms with Gasteiger partial charge >= 0.3 is 0 Å². The molecular weight excluding hydrogens is 637 g/mol. The van der Waals surface area contributed by atoms with Gasteiger partial charge in [-0.1, -0.05) is 61.6 Å². The number of nitrogens with zero attached hydrogens (tertiary/aromatic N) is 3. The quantitative estimate of drug-likeness (QED) is 0.274. The zero-order valence-electron chi connectivity index (χ0n) is 27.8. The molecule has 0 radical (unpaired) electrons. The van der Waals surface area contributed by atoms with Crippen LogP contribution >= 0.6 is 11.3 Å². The highest BCUT2D eigenvalue weighted by molar-refractivity contribution is 7.88. The summed E-state index contributed by atoms with van der Waals surface area (Å²) >= 11 is 1.58. The topological polar surface area (TPSA) is 132 Å². The monoisotopic (exact) mass is 686 g/mol. The Morgan fingerprint density at radius 1 is 1.11 bits per heavy atom. The molecule has 3 N–H and O–H groups in total. The number of aliphatic imine (C=N–C) groups is 1. The molecule has 47 heavy (non-hydrogen) atoms. The summed E-state index contributed by atoms with van der Waals surface area (Å²) in [4.78, 5) is 37.9. The first-order chi connectivity index (χ1) is 22.6. The number of rotatable bonds is 13. The summed E-state index contributed by atoms with van der Waals surface area (Å²) in [5, 5.41) is 8.71. The molecular formula is C34H50N6O5S2. The van der Waals surface area contributed by atoms with E-state index in [4.69, 9.17) is 9.73 Å². The van der Waals surface area contributed by atoms with Gasteiger partial charge in [-0.25, -0.2) is 18.1 Å². The third-order valence-corrected chi connectivity index (χ3v) is 10.8. The molecule has 2 aliphatic heterocycles. The van der Waals surface area contributed by atoms with Gasteiger partial charge in [0, 0.05) is 30.6 Å². The van der Waals surface area contributed by atoms with Gasteiger partial charge in [-0.3, -0.25) is 9.59 Å². The summed E-state index contributed by atoms with van der Waals surface area (Å²) in [5.41, 5.74) is 2.23. The fraction of sp³-hybridized carbons (Fsp3) is 0.618. The van der Waals surface area contributed by atoms with Gasteiger partial charge < -0.3 is 25.2 Å². The average molecular weight is 687 g/mol. The highest BCUT2D eigenvalue weighted by atomic mass is 32.2. The minimum absolute atomic E-state index is 0.0807. The zero-order chi connectivity index (χ0) is 33.4. The Bertz CT molecular complexity index is 1480. The summed E-state index contributed by atoms with van der Waals surface area (Å²) in [6.45, 7) is 5.97. The minimum Gasteiger partial charge on any atom is -0.455 e. The summed E-state index contributed by atoms with van der Waals surface area (Å²) in [6.07, 6.45) is 8.32. The van der Waals surface area contributed by atoms with Gasteiger partial charge in [-0.2, -0.15) is 0 Å². The van der Waals surface area contributed by atoms with Crippen LogP contribution in [0.5, 0.6) is 0 Å². The number of hydrogen-bond acceptors (Lipinski definition) is 9. The number of piperazine rings is 1. The predicted molar refractivity (Wildman–Crippen MR) is 186 cm³/mol. The van der Waals surface area contributed by atoms with Gasteiger partial charge in [0.25, 0.3) is 6.02 Å². The minimum atomic E-state index is -3.27. The number of hydrogen-bond donors (Lipinski definition) is 3. The zero-order valence-corrected chi connectivity index (χ0v) is 29.5. The number of aryl methyl sites for hydroxylation is 1. The van der Waals surface area contributed by atoms with Crippen molar-refractivity contribution in [2.45, 2.75) is 102 Å². The molecule has 1 aromatic carbocycles. The van der Waals surface area contributed by atoms with Crippen LogP contribution in [0.3, 0.4) is 0 Å². The number of sulfonamides is 1. The van der Waals surface area contributed by atoms with Crippen molar-refractivity contribution in [1.29, 1.82) is 0 Å². The Morgan fingerprint density at radius 2 is 1.91 bits per heavy atom. The van der Waals surface area contributed by atoms with Crippen LogP contribution in [0.2, 0.25) is 0 Å². The smallest absolute Gasteiger partial charge is 0.288 e. The lowest BCUT2D eigenvalue weighted by atomic mass is 9.94. The molecule has 5 rings (SSSR count). The van der Waals surface area contributed by atoms with Crippen molar-refractivity contribution >= 4 is 39.2 Å². The lowest BCUT2D eigenvalue weighted by Crippen LogP contribution is -2.64. The Hall–Kier alpha value is -3.00. The largest absolute Gasteiger partial charge is 0.455 e. The van der Waals surface area contributed by atoms with Crippen LogP contribution in [0, 0.1) is 6.92 Å². The average Bonchev–Trinajstić information content (AvgIpc) is 3.72. The maximum atomic E-state index is 14.4. The number of ether oxygens (including phenoxy) is 1. The summed E-state index contributed by atoms with van der Waals surface area (Å²) in [6, 6.07) is 11.7. The molecule has 2 aromatic rings. The molecule has 1 saturated carbocycles. The Balaban J connectivity index is 1.31. The van der Waals surface area contributed by atoms with Crippen molar-refractivity contribution in [1.82, 2.24) is 25.2 Å². The van der Waals surface area contributed by atoms with E-state index in [2.05, 4.69) is 40.5 Å². The van der Waals surface area contributed by atoms with E-state index in [1.165, 1.54) is 6.42 Å². The molecule has 11 nitrogen and oxygen atoms in total. The molecule has 0 bridgehead atoms. The SMILES string of the molecule is Cc1cccc([C@@H]2OC(N3CCN(C(=O)[C@@H](CCCCNS(C)(=O)=O)NC4CCCCC4)[C@H](C(=O)NCc4cccs4)C3)=N[C@H]2C)c1. The van der Waals surface area contributed by atoms with Gasteiger partial charge in [0.1, 0.15) is 12.1 Å². The molecule has 13 heteroatoms. The van der Waals surface area contributed by atoms with E-state index in [1.807, 2.05) is 35.4 Å². The molecule has 2 fully saturated rings. The second kappa shape index (κ2) is 16.4. The lowest BCUT2D eigenvalue weighted by Gasteiger charge is -2.42. The van der Waals surface area contributed by atoms with E-state index < -0.39 is 22.1 Å². The molecule has 4 atom stereocenters. The van der Waals surface area contributed by atoms with E-state index in [0.29, 0.717) is 51.5 Å². The maximum Gasteiger partial charge on any atom is 0.288 e. The number of nitrogens with one attached hydrogen (secondary N) is 3. The fourth-order valence-electron chi connectivity index (χ4n) is 6.75. The molecule has 1 saturated heterocycles. The van der Waals surface area contributed by atoms with Gasteiger partial charge in [0.15, 0.2) is 0 Å². The van der Waals surface area contributed by atoms with Gasteiger partial charge in [0.2, 0.25) is 21.8 Å². The van der Waals surface area contributed by atoms with Crippen LogP contribution in [0.15, 0.2) is 46.8 Å². The summed E-state index contributed by atoms with van der Waals surface area (Å²) < 4.78 is 32.0. The number of carbonyl (C=O) groups is 2. The lowest BCUT2D eigenvalue weighted by molar-refractivity contribution is -0.145. The van der Waals surface area contributed by atoms with Crippen LogP contribution in [-0.2, 0) is 30.9 Å². The first kappa shape index (κ1) is 35.3. The molecule has 258 valence electrons. The Labute approximate surface area is 283 Å². The Morgan fingerprint density at radius 3 is 2.64 bits per heavy atom. The van der Waals surface area contributed by atoms with Crippen LogP contribution in [0.1, 0.15) is 80.4 Å². The first-order valence-electron chi connectivity index (χ1n) is 16.9. The molecule has 3 aliphatic rings. The molecule has 1 aromatic heterocycles. The highest BCUT2D eigenvalue weighted by Crippen LogP contribution is 2.31. The molecule has 1 aliphatic carbocycles. The van der Waals surface area contributed by atoms with Crippen molar-refractivity contribution in [3.05, 3.63) is 57.8 Å². The van der Waals surface area contributed by atoms with Crippen LogP contribution < -0.4 is 15.4 Å². The van der Waals surface area contributed by atoms with Crippen molar-refractivity contribution in [2.75, 3.05) is 32.4 Å². The van der Waals surface area contributed by atoms with E-state index in [9.17, 15) is 18.0 Å². The van der Waals surface area contributed by atoms with Gasteiger partial charge in [-0.15, -0.1) is 11.3 Å². The molecule has 0 spiro atoms. The van der Waals surface area contributed by atoms with Crippen LogP contribution in [0.4, 0.5) is 0 Å². The molecule has 0 unspecified atom stereocenters. The molecule has 3 heterocycles. The van der Waals surface area contributed by atoms with E-state index in [0.717, 1.165) is 47.9 Å². The number of unbranched alkanes of at least 4 members (excludes halogenated alkanes) is 1. The van der Waals surface area contributed by atoms with Crippen LogP contribution in [-0.4, -0.2) is 92.7 Å². The third-order valence-electron chi connectivity index (χ3n) is 9.23. The van der Waals surface area contributed by atoms with E-state index >= 15 is 0 Å². The first-order valence-corrected chi connectivity index (χ1v) is 19.7. The Kier molecular flexibility index (Phi) is 12.3. The van der Waals surface area contributed by atoms with E-state index in [-0.39, 0.29) is 36.5 Å². The predicted octanol–water partition coefficient (Wildman–Crippen LogP) is 3.71. The standard InChI is InChI=1S/C34H50N6O5S2/c1-24-11-9-12-26(21-24)31-25(2)37-34(45-31)39-18-19-40(30(23-39)32(41)35-22-28-15-10-20-46-28)33(42)29(38-27-13-5-4-6-14-27)16-7-8-17-36-47(3,43)44/h9-12,15,20-21,25,27,29-31,36,38H,4-8,13-14,16-19,22-23H2,1-3H3,(H,35,41)/t25-,29+,30-,31+/m0/s1. The summed E-state index contributed by atoms with van der Waals surface area (Å²) in [7, 11) is -3.27.